The molecule has 0 unspecified atom stereocenters. The molecule has 0 amide bonds. The minimum absolute atomic E-state index is 0.0434. The summed E-state index contributed by atoms with van der Waals surface area (Å²) < 4.78 is 3.65. The summed E-state index contributed by atoms with van der Waals surface area (Å²) >= 11 is 1.73. The molecule has 0 spiro atoms. The Morgan fingerprint density at radius 1 is 0.553 bits per heavy atom. The number of nitrogens with zero attached hydrogens (tertiary/aromatic N) is 3. The van der Waals surface area contributed by atoms with Crippen LogP contribution >= 0.6 is 11.3 Å². The molecule has 1 aliphatic rings. The average Bonchev–Trinajstić information content (AvgIpc) is 3.73. The van der Waals surface area contributed by atoms with E-state index in [1.54, 1.807) is 11.3 Å². The predicted octanol–water partition coefficient (Wildman–Crippen LogP) is 11.6. The standard InChI is InChI=1S/C43H29N3S/c1-43(2)34-17-9-6-14-29(34)32-25-37-33(24-35(32)43)30-15-7-10-18-36(30)46(37)28-22-20-26(21-23-28)40-39-31-16-8-11-19-38(31)47-42(39)45-41(44-40)27-12-4-3-5-13-27/h3-25H,1-2H3. The average molecular weight is 620 g/mol. The van der Waals surface area contributed by atoms with E-state index >= 15 is 0 Å². The van der Waals surface area contributed by atoms with E-state index in [-0.39, 0.29) is 5.41 Å². The second kappa shape index (κ2) is 9.71. The van der Waals surface area contributed by atoms with E-state index in [0.29, 0.717) is 0 Å². The summed E-state index contributed by atoms with van der Waals surface area (Å²) in [5.74, 6) is 0.753. The van der Waals surface area contributed by atoms with Gasteiger partial charge in [-0.05, 0) is 58.7 Å². The van der Waals surface area contributed by atoms with Crippen molar-refractivity contribution in [2.75, 3.05) is 0 Å². The number of benzene rings is 6. The maximum atomic E-state index is 5.22. The van der Waals surface area contributed by atoms with E-state index in [4.69, 9.17) is 9.97 Å². The van der Waals surface area contributed by atoms with Gasteiger partial charge in [0.25, 0.3) is 0 Å². The summed E-state index contributed by atoms with van der Waals surface area (Å²) in [7, 11) is 0. The topological polar surface area (TPSA) is 30.7 Å². The van der Waals surface area contributed by atoms with Gasteiger partial charge in [-0.2, -0.15) is 0 Å². The van der Waals surface area contributed by atoms with Gasteiger partial charge in [0.15, 0.2) is 5.82 Å². The molecule has 0 N–H and O–H groups in total. The molecule has 4 heteroatoms. The van der Waals surface area contributed by atoms with E-state index in [0.717, 1.165) is 38.5 Å². The zero-order valence-corrected chi connectivity index (χ0v) is 26.8. The van der Waals surface area contributed by atoms with Gasteiger partial charge in [0.05, 0.1) is 16.7 Å². The van der Waals surface area contributed by atoms with Gasteiger partial charge in [-0.1, -0.05) is 117 Å². The largest absolute Gasteiger partial charge is 0.309 e. The Labute approximate surface area is 276 Å². The Kier molecular flexibility index (Phi) is 5.50. The quantitative estimate of drug-likeness (QED) is 0.197. The number of fused-ring (bicyclic) bond motifs is 9. The summed E-state index contributed by atoms with van der Waals surface area (Å²) in [6.07, 6.45) is 0. The first kappa shape index (κ1) is 26.6. The summed E-state index contributed by atoms with van der Waals surface area (Å²) in [6.45, 7) is 4.71. The molecule has 10 rings (SSSR count). The van der Waals surface area contributed by atoms with Crippen molar-refractivity contribution in [3.05, 3.63) is 151 Å². The van der Waals surface area contributed by atoms with Crippen LogP contribution in [0.4, 0.5) is 0 Å². The second-order valence-electron chi connectivity index (χ2n) is 13.0. The van der Waals surface area contributed by atoms with Crippen molar-refractivity contribution >= 4 is 53.4 Å². The fourth-order valence-corrected chi connectivity index (χ4v) is 8.83. The first-order chi connectivity index (χ1) is 23.1. The van der Waals surface area contributed by atoms with Gasteiger partial charge in [0.2, 0.25) is 0 Å². The smallest absolute Gasteiger partial charge is 0.161 e. The Balaban J connectivity index is 1.19. The van der Waals surface area contributed by atoms with Gasteiger partial charge in [-0.15, -0.1) is 11.3 Å². The van der Waals surface area contributed by atoms with E-state index in [2.05, 4.69) is 140 Å². The SMILES string of the molecule is CC1(C)c2ccccc2-c2cc3c(cc21)c1ccccc1n3-c1ccc(-c2nc(-c3ccccc3)nc3sc4ccccc4c23)cc1. The van der Waals surface area contributed by atoms with Crippen LogP contribution < -0.4 is 0 Å². The molecule has 0 saturated heterocycles. The van der Waals surface area contributed by atoms with Crippen LogP contribution in [-0.4, -0.2) is 14.5 Å². The van der Waals surface area contributed by atoms with E-state index in [9.17, 15) is 0 Å². The lowest BCUT2D eigenvalue weighted by Crippen LogP contribution is -2.14. The van der Waals surface area contributed by atoms with Crippen molar-refractivity contribution in [2.24, 2.45) is 0 Å². The summed E-state index contributed by atoms with van der Waals surface area (Å²) in [6, 6.07) is 50.3. The molecular formula is C43H29N3S. The predicted molar refractivity (Wildman–Crippen MR) is 198 cm³/mol. The fourth-order valence-electron chi connectivity index (χ4n) is 7.76. The molecule has 3 heterocycles. The van der Waals surface area contributed by atoms with Gasteiger partial charge < -0.3 is 4.57 Å². The van der Waals surface area contributed by atoms with Crippen LogP contribution in [0.15, 0.2) is 140 Å². The third kappa shape index (κ3) is 3.79. The van der Waals surface area contributed by atoms with Crippen LogP contribution in [0.3, 0.4) is 0 Å². The lowest BCUT2D eigenvalue weighted by atomic mass is 9.82. The summed E-state index contributed by atoms with van der Waals surface area (Å²) in [5, 5.41) is 4.88. The van der Waals surface area contributed by atoms with Gasteiger partial charge in [0.1, 0.15) is 4.83 Å². The Hall–Kier alpha value is -5.58. The first-order valence-corrected chi connectivity index (χ1v) is 16.9. The molecule has 6 aromatic carbocycles. The maximum Gasteiger partial charge on any atom is 0.161 e. The van der Waals surface area contributed by atoms with Gasteiger partial charge in [-0.3, -0.25) is 0 Å². The minimum atomic E-state index is -0.0434. The number of aromatic nitrogens is 3. The monoisotopic (exact) mass is 619 g/mol. The number of para-hydroxylation sites is 1. The van der Waals surface area contributed by atoms with Gasteiger partial charge in [-0.25, -0.2) is 9.97 Å². The van der Waals surface area contributed by atoms with Crippen LogP contribution in [0, 0.1) is 0 Å². The lowest BCUT2D eigenvalue weighted by Gasteiger charge is -2.21. The third-order valence-corrected chi connectivity index (χ3v) is 11.1. The highest BCUT2D eigenvalue weighted by molar-refractivity contribution is 7.25. The highest BCUT2D eigenvalue weighted by Gasteiger charge is 2.36. The highest BCUT2D eigenvalue weighted by Crippen LogP contribution is 2.51. The Bertz CT molecular complexity index is 2700. The van der Waals surface area contributed by atoms with Gasteiger partial charge in [0, 0.05) is 48.5 Å². The zero-order valence-electron chi connectivity index (χ0n) is 26.0. The molecular weight excluding hydrogens is 591 g/mol. The molecule has 1 aliphatic carbocycles. The first-order valence-electron chi connectivity index (χ1n) is 16.1. The fraction of sp³-hybridized carbons (Fsp3) is 0.0698. The summed E-state index contributed by atoms with van der Waals surface area (Å²) in [4.78, 5) is 11.3. The zero-order chi connectivity index (χ0) is 31.3. The molecule has 3 nitrogen and oxygen atoms in total. The number of rotatable bonds is 3. The molecule has 0 bridgehead atoms. The molecule has 3 aromatic heterocycles. The molecule has 0 atom stereocenters. The van der Waals surface area contributed by atoms with E-state index in [1.807, 2.05) is 18.2 Å². The van der Waals surface area contributed by atoms with Crippen molar-refractivity contribution < 1.29 is 0 Å². The molecule has 47 heavy (non-hydrogen) atoms. The van der Waals surface area contributed by atoms with Crippen molar-refractivity contribution in [1.82, 2.24) is 14.5 Å². The van der Waals surface area contributed by atoms with Crippen molar-refractivity contribution in [3.63, 3.8) is 0 Å². The van der Waals surface area contributed by atoms with Crippen molar-refractivity contribution in [3.8, 4) is 39.5 Å². The lowest BCUT2D eigenvalue weighted by molar-refractivity contribution is 0.661. The molecule has 0 saturated carbocycles. The maximum absolute atomic E-state index is 5.22. The molecule has 0 radical (unpaired) electrons. The van der Waals surface area contributed by atoms with Crippen molar-refractivity contribution in [1.29, 1.82) is 0 Å². The van der Waals surface area contributed by atoms with E-state index < -0.39 is 0 Å². The summed E-state index contributed by atoms with van der Waals surface area (Å²) in [5.41, 5.74) is 12.1. The van der Waals surface area contributed by atoms with Crippen molar-refractivity contribution in [2.45, 2.75) is 19.3 Å². The molecule has 222 valence electrons. The highest BCUT2D eigenvalue weighted by atomic mass is 32.1. The Morgan fingerprint density at radius 2 is 1.28 bits per heavy atom. The van der Waals surface area contributed by atoms with Crippen LogP contribution in [-0.2, 0) is 5.41 Å². The van der Waals surface area contributed by atoms with Crippen LogP contribution in [0.2, 0.25) is 0 Å². The van der Waals surface area contributed by atoms with Crippen LogP contribution in [0.25, 0.3) is 81.6 Å². The Morgan fingerprint density at radius 3 is 2.13 bits per heavy atom. The van der Waals surface area contributed by atoms with Crippen LogP contribution in [0.5, 0.6) is 0 Å². The normalized spacial score (nSPS) is 13.5. The molecule has 0 fully saturated rings. The number of thiophene rings is 1. The second-order valence-corrected chi connectivity index (χ2v) is 14.1. The number of hydrogen-bond acceptors (Lipinski definition) is 3. The van der Waals surface area contributed by atoms with Crippen LogP contribution in [0.1, 0.15) is 25.0 Å². The molecule has 0 aliphatic heterocycles. The van der Waals surface area contributed by atoms with Gasteiger partial charge >= 0.3 is 0 Å². The van der Waals surface area contributed by atoms with E-state index in [1.165, 1.54) is 54.1 Å². The molecule has 9 aromatic rings. The number of hydrogen-bond donors (Lipinski definition) is 0. The third-order valence-electron chi connectivity index (χ3n) is 10.0. The minimum Gasteiger partial charge on any atom is -0.309 e.